The third kappa shape index (κ3) is 4.29. The van der Waals surface area contributed by atoms with Gasteiger partial charge >= 0.3 is 12.0 Å². The molecule has 0 radical (unpaired) electrons. The smallest absolute Gasteiger partial charge is 0.330 e. The molecule has 0 amide bonds. The highest BCUT2D eigenvalue weighted by molar-refractivity contribution is 9.10. The number of hydrogen-bond donors (Lipinski definition) is 1. The van der Waals surface area contributed by atoms with Crippen LogP contribution in [0.1, 0.15) is 19.4 Å². The Hall–Kier alpha value is -1.89. The van der Waals surface area contributed by atoms with Crippen LogP contribution in [0.3, 0.4) is 0 Å². The quantitative estimate of drug-likeness (QED) is 0.856. The summed E-state index contributed by atoms with van der Waals surface area (Å²) in [6, 6.07) is 6.11. The fourth-order valence-electron chi connectivity index (χ4n) is 1.60. The third-order valence-corrected chi connectivity index (χ3v) is 3.43. The zero-order chi connectivity index (χ0) is 15.2. The van der Waals surface area contributed by atoms with Crippen LogP contribution in [0.2, 0.25) is 0 Å². The maximum absolute atomic E-state index is 5.69. The van der Waals surface area contributed by atoms with E-state index in [4.69, 9.17) is 9.47 Å². The van der Waals surface area contributed by atoms with Crippen LogP contribution in [-0.2, 0) is 0 Å². The number of aromatic nitrogens is 3. The van der Waals surface area contributed by atoms with Gasteiger partial charge in [0.15, 0.2) is 0 Å². The van der Waals surface area contributed by atoms with Crippen LogP contribution in [-0.4, -0.2) is 28.1 Å². The molecule has 0 saturated carbocycles. The van der Waals surface area contributed by atoms with E-state index in [1.807, 2.05) is 39.0 Å². The van der Waals surface area contributed by atoms with Gasteiger partial charge in [0.2, 0.25) is 5.95 Å². The van der Waals surface area contributed by atoms with E-state index in [2.05, 4.69) is 36.2 Å². The van der Waals surface area contributed by atoms with Crippen LogP contribution in [0, 0.1) is 6.92 Å². The zero-order valence-corrected chi connectivity index (χ0v) is 13.8. The molecular weight excluding hydrogens is 336 g/mol. The van der Waals surface area contributed by atoms with E-state index < -0.39 is 0 Å². The maximum Gasteiger partial charge on any atom is 0.330 e. The summed E-state index contributed by atoms with van der Waals surface area (Å²) in [6.07, 6.45) is 0. The first-order valence-electron chi connectivity index (χ1n) is 6.69. The zero-order valence-electron chi connectivity index (χ0n) is 12.2. The second kappa shape index (κ2) is 7.21. The number of halogens is 1. The number of aryl methyl sites for hydroxylation is 1. The van der Waals surface area contributed by atoms with Crippen LogP contribution in [0.15, 0.2) is 22.7 Å². The molecule has 0 fully saturated rings. The lowest BCUT2D eigenvalue weighted by atomic mass is 10.2. The van der Waals surface area contributed by atoms with Gasteiger partial charge in [0, 0.05) is 11.0 Å². The van der Waals surface area contributed by atoms with Gasteiger partial charge in [0.25, 0.3) is 0 Å². The molecule has 21 heavy (non-hydrogen) atoms. The molecule has 1 aromatic carbocycles. The van der Waals surface area contributed by atoms with E-state index >= 15 is 0 Å². The second-order valence-corrected chi connectivity index (χ2v) is 5.05. The Balaban J connectivity index is 2.26. The molecule has 0 atom stereocenters. The van der Waals surface area contributed by atoms with Crippen molar-refractivity contribution >= 4 is 21.9 Å². The fourth-order valence-corrected chi connectivity index (χ4v) is 1.85. The minimum Gasteiger partial charge on any atom is -0.464 e. The van der Waals surface area contributed by atoms with Gasteiger partial charge < -0.3 is 14.8 Å². The molecular formula is C14H17BrN4O2. The van der Waals surface area contributed by atoms with E-state index in [9.17, 15) is 0 Å². The van der Waals surface area contributed by atoms with Crippen molar-refractivity contribution in [2.24, 2.45) is 0 Å². The lowest BCUT2D eigenvalue weighted by Gasteiger charge is -2.09. The highest BCUT2D eigenvalue weighted by Gasteiger charge is 2.09. The van der Waals surface area contributed by atoms with Gasteiger partial charge in [0.05, 0.1) is 6.61 Å². The van der Waals surface area contributed by atoms with Gasteiger partial charge in [-0.25, -0.2) is 0 Å². The summed E-state index contributed by atoms with van der Waals surface area (Å²) in [4.78, 5) is 12.5. The number of rotatable bonds is 6. The Morgan fingerprint density at radius 1 is 1.14 bits per heavy atom. The van der Waals surface area contributed by atoms with Crippen molar-refractivity contribution in [3.63, 3.8) is 0 Å². The number of hydrogen-bond acceptors (Lipinski definition) is 6. The van der Waals surface area contributed by atoms with Gasteiger partial charge in [-0.2, -0.15) is 9.97 Å². The first-order valence-corrected chi connectivity index (χ1v) is 7.48. The van der Waals surface area contributed by atoms with E-state index in [1.165, 1.54) is 0 Å². The second-order valence-electron chi connectivity index (χ2n) is 4.20. The molecule has 0 aliphatic rings. The number of nitrogens with one attached hydrogen (secondary N) is 1. The fraction of sp³-hybridized carbons (Fsp3) is 0.357. The summed E-state index contributed by atoms with van der Waals surface area (Å²) >= 11 is 3.45. The molecule has 0 saturated heterocycles. The largest absolute Gasteiger partial charge is 0.464 e. The molecule has 1 aromatic heterocycles. The molecule has 112 valence electrons. The standard InChI is InChI=1S/C14H17BrN4O2/c1-4-16-12-17-13(20-5-2)19-14(18-12)21-10-6-7-11(15)9(3)8-10/h6-8H,4-5H2,1-3H3,(H,16,17,18,19). The van der Waals surface area contributed by atoms with E-state index in [1.54, 1.807) is 0 Å². The van der Waals surface area contributed by atoms with E-state index in [-0.39, 0.29) is 12.0 Å². The van der Waals surface area contributed by atoms with Crippen LogP contribution in [0.4, 0.5) is 5.95 Å². The van der Waals surface area contributed by atoms with Gasteiger partial charge in [-0.3, -0.25) is 0 Å². The van der Waals surface area contributed by atoms with Crippen molar-refractivity contribution in [2.75, 3.05) is 18.5 Å². The van der Waals surface area contributed by atoms with Crippen molar-refractivity contribution < 1.29 is 9.47 Å². The van der Waals surface area contributed by atoms with E-state index in [0.29, 0.717) is 24.8 Å². The predicted octanol–water partition coefficient (Wildman–Crippen LogP) is 3.57. The topological polar surface area (TPSA) is 69.2 Å². The predicted molar refractivity (Wildman–Crippen MR) is 84.1 cm³/mol. The highest BCUT2D eigenvalue weighted by atomic mass is 79.9. The van der Waals surface area contributed by atoms with Crippen LogP contribution >= 0.6 is 15.9 Å². The number of nitrogens with zero attached hydrogens (tertiary/aromatic N) is 3. The first kappa shape index (κ1) is 15.5. The first-order chi connectivity index (χ1) is 10.1. The van der Waals surface area contributed by atoms with Crippen molar-refractivity contribution in [3.8, 4) is 17.8 Å². The Bertz CT molecular complexity index is 598. The molecule has 0 bridgehead atoms. The normalized spacial score (nSPS) is 10.3. The summed E-state index contributed by atoms with van der Waals surface area (Å²) in [5, 5.41) is 3.02. The maximum atomic E-state index is 5.69. The molecule has 0 unspecified atom stereocenters. The molecule has 2 aromatic rings. The van der Waals surface area contributed by atoms with Crippen molar-refractivity contribution in [3.05, 3.63) is 28.2 Å². The lowest BCUT2D eigenvalue weighted by molar-refractivity contribution is 0.304. The molecule has 0 aliphatic carbocycles. The minimum absolute atomic E-state index is 0.200. The summed E-state index contributed by atoms with van der Waals surface area (Å²) in [6.45, 7) is 7.00. The molecule has 2 rings (SSSR count). The molecule has 6 nitrogen and oxygen atoms in total. The monoisotopic (exact) mass is 352 g/mol. The van der Waals surface area contributed by atoms with Gasteiger partial charge in [-0.15, -0.1) is 4.98 Å². The average Bonchev–Trinajstić information content (AvgIpc) is 2.43. The number of benzene rings is 1. The van der Waals surface area contributed by atoms with Crippen LogP contribution < -0.4 is 14.8 Å². The highest BCUT2D eigenvalue weighted by Crippen LogP contribution is 2.25. The molecule has 0 spiro atoms. The van der Waals surface area contributed by atoms with Crippen molar-refractivity contribution in [2.45, 2.75) is 20.8 Å². The summed E-state index contributed by atoms with van der Waals surface area (Å²) in [5.41, 5.74) is 1.07. The third-order valence-electron chi connectivity index (χ3n) is 2.54. The number of ether oxygens (including phenoxy) is 2. The lowest BCUT2D eigenvalue weighted by Crippen LogP contribution is -2.07. The Morgan fingerprint density at radius 2 is 1.90 bits per heavy atom. The number of anilines is 1. The SMILES string of the molecule is CCNc1nc(OCC)nc(Oc2ccc(Br)c(C)c2)n1. The molecule has 7 heteroatoms. The van der Waals surface area contributed by atoms with E-state index in [0.717, 1.165) is 10.0 Å². The Morgan fingerprint density at radius 3 is 2.57 bits per heavy atom. The Labute approximate surface area is 132 Å². The summed E-state index contributed by atoms with van der Waals surface area (Å²) in [7, 11) is 0. The molecule has 1 heterocycles. The van der Waals surface area contributed by atoms with Crippen molar-refractivity contribution in [1.29, 1.82) is 0 Å². The van der Waals surface area contributed by atoms with Gasteiger partial charge in [-0.05, 0) is 44.5 Å². The Kier molecular flexibility index (Phi) is 5.32. The van der Waals surface area contributed by atoms with Crippen molar-refractivity contribution in [1.82, 2.24) is 15.0 Å². The van der Waals surface area contributed by atoms with Crippen LogP contribution in [0.25, 0.3) is 0 Å². The minimum atomic E-state index is 0.200. The van der Waals surface area contributed by atoms with Gasteiger partial charge in [0.1, 0.15) is 5.75 Å². The summed E-state index contributed by atoms with van der Waals surface area (Å²) in [5.74, 6) is 1.09. The summed E-state index contributed by atoms with van der Waals surface area (Å²) < 4.78 is 12.0. The molecule has 1 N–H and O–H groups in total. The average molecular weight is 353 g/mol. The molecule has 0 aliphatic heterocycles. The van der Waals surface area contributed by atoms with Gasteiger partial charge in [-0.1, -0.05) is 15.9 Å². The van der Waals surface area contributed by atoms with Crippen LogP contribution in [0.5, 0.6) is 17.8 Å².